The SMILES string of the molecule is CN(C)S(=O)(=O)c1cccc(NC(=O)CN2C(=O)NC3(CCCCc4ccccc43)C2=O)c1. The van der Waals surface area contributed by atoms with Gasteiger partial charge in [-0.1, -0.05) is 30.3 Å². The fourth-order valence-corrected chi connectivity index (χ4v) is 5.35. The summed E-state index contributed by atoms with van der Waals surface area (Å²) in [5.41, 5.74) is 0.896. The van der Waals surface area contributed by atoms with Gasteiger partial charge in [0.05, 0.1) is 4.90 Å². The van der Waals surface area contributed by atoms with E-state index in [-0.39, 0.29) is 10.6 Å². The number of nitrogens with zero attached hydrogens (tertiary/aromatic N) is 2. The van der Waals surface area contributed by atoms with E-state index >= 15 is 0 Å². The molecule has 4 rings (SSSR count). The molecule has 1 aliphatic heterocycles. The van der Waals surface area contributed by atoms with Gasteiger partial charge in [-0.05, 0) is 55.0 Å². The van der Waals surface area contributed by atoms with Crippen LogP contribution in [0.1, 0.15) is 30.4 Å². The molecular weight excluding hydrogens is 444 g/mol. The molecule has 1 atom stereocenters. The molecule has 174 valence electrons. The number of sulfonamides is 1. The molecule has 4 amide bonds. The second kappa shape index (κ2) is 8.60. The highest BCUT2D eigenvalue weighted by Crippen LogP contribution is 2.38. The fourth-order valence-electron chi connectivity index (χ4n) is 4.41. The summed E-state index contributed by atoms with van der Waals surface area (Å²) < 4.78 is 25.8. The van der Waals surface area contributed by atoms with Gasteiger partial charge in [0, 0.05) is 19.8 Å². The Morgan fingerprint density at radius 1 is 1.12 bits per heavy atom. The lowest BCUT2D eigenvalue weighted by Crippen LogP contribution is -2.44. The number of amides is 4. The first kappa shape index (κ1) is 22.9. The van der Waals surface area contributed by atoms with Crippen molar-refractivity contribution in [2.45, 2.75) is 36.1 Å². The number of hydrogen-bond donors (Lipinski definition) is 2. The number of anilines is 1. The zero-order valence-electron chi connectivity index (χ0n) is 18.5. The zero-order valence-corrected chi connectivity index (χ0v) is 19.3. The van der Waals surface area contributed by atoms with Gasteiger partial charge in [-0.15, -0.1) is 0 Å². The Bertz CT molecular complexity index is 1230. The molecule has 0 aromatic heterocycles. The van der Waals surface area contributed by atoms with Crippen molar-refractivity contribution in [3.63, 3.8) is 0 Å². The topological polar surface area (TPSA) is 116 Å². The van der Waals surface area contributed by atoms with Crippen LogP contribution in [0.3, 0.4) is 0 Å². The Morgan fingerprint density at radius 3 is 2.64 bits per heavy atom. The molecule has 2 aliphatic rings. The molecule has 1 saturated heterocycles. The number of nitrogens with one attached hydrogen (secondary N) is 2. The standard InChI is InChI=1S/C23H26N4O5S/c1-26(2)33(31,32)18-11-7-10-17(14-18)24-20(28)15-27-21(29)23(25-22(27)30)13-6-5-9-16-8-3-4-12-19(16)23/h3-4,7-8,10-12,14H,5-6,9,13,15H2,1-2H3,(H,24,28)(H,25,30). The fraction of sp³-hybridized carbons (Fsp3) is 0.348. The molecule has 2 aromatic rings. The van der Waals surface area contributed by atoms with E-state index in [1.165, 1.54) is 32.3 Å². The number of imide groups is 1. The molecule has 1 unspecified atom stereocenters. The molecule has 10 heteroatoms. The monoisotopic (exact) mass is 470 g/mol. The maximum Gasteiger partial charge on any atom is 0.325 e. The van der Waals surface area contributed by atoms with Crippen molar-refractivity contribution >= 4 is 33.6 Å². The number of fused-ring (bicyclic) bond motifs is 2. The third-order valence-corrected chi connectivity index (χ3v) is 7.91. The summed E-state index contributed by atoms with van der Waals surface area (Å²) in [7, 11) is -0.840. The van der Waals surface area contributed by atoms with Crippen molar-refractivity contribution in [3.05, 3.63) is 59.7 Å². The normalized spacial score (nSPS) is 20.5. The van der Waals surface area contributed by atoms with Gasteiger partial charge in [-0.25, -0.2) is 17.5 Å². The minimum atomic E-state index is -3.67. The predicted molar refractivity (Wildman–Crippen MR) is 122 cm³/mol. The summed E-state index contributed by atoms with van der Waals surface area (Å²) in [5.74, 6) is -1.04. The predicted octanol–water partition coefficient (Wildman–Crippen LogP) is 2.05. The Morgan fingerprint density at radius 2 is 1.88 bits per heavy atom. The minimum Gasteiger partial charge on any atom is -0.324 e. The number of hydrogen-bond acceptors (Lipinski definition) is 5. The number of benzene rings is 2. The van der Waals surface area contributed by atoms with Crippen LogP contribution in [-0.2, 0) is 31.6 Å². The lowest BCUT2D eigenvalue weighted by molar-refractivity contribution is -0.134. The molecule has 0 radical (unpaired) electrons. The van der Waals surface area contributed by atoms with Crippen molar-refractivity contribution in [1.29, 1.82) is 0 Å². The van der Waals surface area contributed by atoms with Crippen molar-refractivity contribution < 1.29 is 22.8 Å². The van der Waals surface area contributed by atoms with E-state index in [1.807, 2.05) is 24.3 Å². The van der Waals surface area contributed by atoms with Crippen LogP contribution in [0.4, 0.5) is 10.5 Å². The second-order valence-corrected chi connectivity index (χ2v) is 10.6. The van der Waals surface area contributed by atoms with Crippen molar-refractivity contribution in [1.82, 2.24) is 14.5 Å². The average molecular weight is 471 g/mol. The summed E-state index contributed by atoms with van der Waals surface area (Å²) in [5, 5.41) is 5.44. The van der Waals surface area contributed by atoms with Crippen LogP contribution in [-0.4, -0.2) is 56.1 Å². The van der Waals surface area contributed by atoms with E-state index in [9.17, 15) is 22.8 Å². The molecule has 1 aliphatic carbocycles. The van der Waals surface area contributed by atoms with Crippen LogP contribution in [0, 0.1) is 0 Å². The zero-order chi connectivity index (χ0) is 23.8. The molecule has 2 aromatic carbocycles. The Hall–Kier alpha value is -3.24. The molecule has 1 heterocycles. The third-order valence-electron chi connectivity index (χ3n) is 6.10. The molecule has 0 saturated carbocycles. The van der Waals surface area contributed by atoms with Crippen LogP contribution in [0.15, 0.2) is 53.4 Å². The smallest absolute Gasteiger partial charge is 0.324 e. The molecule has 1 fully saturated rings. The maximum absolute atomic E-state index is 13.4. The average Bonchev–Trinajstić information content (AvgIpc) is 2.91. The first-order valence-electron chi connectivity index (χ1n) is 10.7. The number of carbonyl (C=O) groups is 3. The number of aryl methyl sites for hydroxylation is 1. The Balaban J connectivity index is 1.54. The van der Waals surface area contributed by atoms with Crippen molar-refractivity contribution in [3.8, 4) is 0 Å². The van der Waals surface area contributed by atoms with Gasteiger partial charge in [0.2, 0.25) is 15.9 Å². The van der Waals surface area contributed by atoms with Gasteiger partial charge >= 0.3 is 6.03 Å². The van der Waals surface area contributed by atoms with Gasteiger partial charge in [-0.3, -0.25) is 14.5 Å². The summed E-state index contributed by atoms with van der Waals surface area (Å²) in [6.07, 6.45) is 2.98. The van der Waals surface area contributed by atoms with E-state index < -0.39 is 40.0 Å². The van der Waals surface area contributed by atoms with Gasteiger partial charge in [0.15, 0.2) is 0 Å². The van der Waals surface area contributed by atoms with Crippen molar-refractivity contribution in [2.24, 2.45) is 0 Å². The van der Waals surface area contributed by atoms with Gasteiger partial charge < -0.3 is 10.6 Å². The van der Waals surface area contributed by atoms with Gasteiger partial charge in [-0.2, -0.15) is 0 Å². The first-order valence-corrected chi connectivity index (χ1v) is 12.1. The van der Waals surface area contributed by atoms with Gasteiger partial charge in [0.25, 0.3) is 5.91 Å². The summed E-state index contributed by atoms with van der Waals surface area (Å²) >= 11 is 0. The second-order valence-electron chi connectivity index (χ2n) is 8.45. The largest absolute Gasteiger partial charge is 0.325 e. The molecule has 2 N–H and O–H groups in total. The van der Waals surface area contributed by atoms with E-state index in [1.54, 1.807) is 6.07 Å². The quantitative estimate of drug-likeness (QED) is 0.649. The summed E-state index contributed by atoms with van der Waals surface area (Å²) in [6.45, 7) is -0.473. The Kier molecular flexibility index (Phi) is 5.98. The molecular formula is C23H26N4O5S. The minimum absolute atomic E-state index is 0.0225. The number of carbonyl (C=O) groups excluding carboxylic acids is 3. The summed E-state index contributed by atoms with van der Waals surface area (Å²) in [4.78, 5) is 39.8. The Labute approximate surface area is 192 Å². The summed E-state index contributed by atoms with van der Waals surface area (Å²) in [6, 6.07) is 12.8. The van der Waals surface area contributed by atoms with E-state index in [4.69, 9.17) is 0 Å². The van der Waals surface area contributed by atoms with Crippen LogP contribution >= 0.6 is 0 Å². The van der Waals surface area contributed by atoms with Crippen LogP contribution in [0.5, 0.6) is 0 Å². The van der Waals surface area contributed by atoms with E-state index in [0.717, 1.165) is 39.6 Å². The first-order chi connectivity index (χ1) is 15.6. The van der Waals surface area contributed by atoms with E-state index in [0.29, 0.717) is 6.42 Å². The van der Waals surface area contributed by atoms with Crippen molar-refractivity contribution in [2.75, 3.05) is 26.0 Å². The third kappa shape index (κ3) is 4.11. The molecule has 0 bridgehead atoms. The van der Waals surface area contributed by atoms with E-state index in [2.05, 4.69) is 10.6 Å². The number of rotatable bonds is 5. The lowest BCUT2D eigenvalue weighted by atomic mass is 9.84. The van der Waals surface area contributed by atoms with Gasteiger partial charge in [0.1, 0.15) is 12.1 Å². The number of urea groups is 1. The van der Waals surface area contributed by atoms with Crippen LogP contribution in [0.25, 0.3) is 0 Å². The maximum atomic E-state index is 13.4. The highest BCUT2D eigenvalue weighted by atomic mass is 32.2. The highest BCUT2D eigenvalue weighted by Gasteiger charge is 2.53. The lowest BCUT2D eigenvalue weighted by Gasteiger charge is -2.27. The van der Waals surface area contributed by atoms with Crippen LogP contribution < -0.4 is 10.6 Å². The van der Waals surface area contributed by atoms with Crippen LogP contribution in [0.2, 0.25) is 0 Å². The highest BCUT2D eigenvalue weighted by molar-refractivity contribution is 7.89. The molecule has 1 spiro atoms. The molecule has 33 heavy (non-hydrogen) atoms. The molecule has 9 nitrogen and oxygen atoms in total.